The predicted octanol–water partition coefficient (Wildman–Crippen LogP) is 1.29. The number of amides is 2. The fourth-order valence-electron chi connectivity index (χ4n) is 3.82. The quantitative estimate of drug-likeness (QED) is 0.727. The second-order valence-electron chi connectivity index (χ2n) is 7.24. The SMILES string of the molecule is COc1ccc(N2CC(C(=O)NCC(C(=O)O)C3CCOCC3)CC2=O)cc1. The molecule has 1 aromatic rings. The van der Waals surface area contributed by atoms with Crippen LogP contribution in [0.1, 0.15) is 19.3 Å². The van der Waals surface area contributed by atoms with Crippen molar-refractivity contribution < 1.29 is 29.0 Å². The number of benzene rings is 1. The molecule has 0 bridgehead atoms. The van der Waals surface area contributed by atoms with E-state index in [1.807, 2.05) is 0 Å². The number of hydrogen-bond acceptors (Lipinski definition) is 5. The molecular weight excluding hydrogens is 364 g/mol. The van der Waals surface area contributed by atoms with Gasteiger partial charge in [0.05, 0.1) is 18.9 Å². The molecule has 8 heteroatoms. The van der Waals surface area contributed by atoms with Crippen molar-refractivity contribution in [1.82, 2.24) is 5.32 Å². The summed E-state index contributed by atoms with van der Waals surface area (Å²) in [7, 11) is 1.57. The largest absolute Gasteiger partial charge is 0.497 e. The van der Waals surface area contributed by atoms with Gasteiger partial charge in [-0.1, -0.05) is 0 Å². The fourth-order valence-corrected chi connectivity index (χ4v) is 3.82. The highest BCUT2D eigenvalue weighted by Gasteiger charge is 2.36. The number of carboxylic acids is 1. The minimum absolute atomic E-state index is 0.00689. The van der Waals surface area contributed by atoms with Crippen LogP contribution in [0.15, 0.2) is 24.3 Å². The van der Waals surface area contributed by atoms with Crippen LogP contribution in [0.4, 0.5) is 5.69 Å². The van der Waals surface area contributed by atoms with Gasteiger partial charge in [0.25, 0.3) is 0 Å². The Labute approximate surface area is 163 Å². The molecule has 1 aromatic carbocycles. The van der Waals surface area contributed by atoms with E-state index >= 15 is 0 Å². The predicted molar refractivity (Wildman–Crippen MR) is 101 cm³/mol. The summed E-state index contributed by atoms with van der Waals surface area (Å²) in [6, 6.07) is 7.09. The molecule has 2 N–H and O–H groups in total. The van der Waals surface area contributed by atoms with Crippen molar-refractivity contribution in [3.63, 3.8) is 0 Å². The standard InChI is InChI=1S/C20H26N2O6/c1-27-16-4-2-15(3-5-16)22-12-14(10-18(22)23)19(24)21-11-17(20(25)26)13-6-8-28-9-7-13/h2-5,13-14,17H,6-12H2,1H3,(H,21,24)(H,25,26). The van der Waals surface area contributed by atoms with Gasteiger partial charge in [0.15, 0.2) is 0 Å². The van der Waals surface area contributed by atoms with Crippen molar-refractivity contribution in [2.45, 2.75) is 19.3 Å². The van der Waals surface area contributed by atoms with Crippen LogP contribution in [0.25, 0.3) is 0 Å². The van der Waals surface area contributed by atoms with E-state index in [0.29, 0.717) is 37.5 Å². The number of methoxy groups -OCH3 is 1. The summed E-state index contributed by atoms with van der Waals surface area (Å²) in [6.07, 6.45) is 1.48. The lowest BCUT2D eigenvalue weighted by atomic mass is 9.86. The normalized spacial score (nSPS) is 21.4. The highest BCUT2D eigenvalue weighted by molar-refractivity contribution is 6.00. The highest BCUT2D eigenvalue weighted by Crippen LogP contribution is 2.27. The lowest BCUT2D eigenvalue weighted by Gasteiger charge is -2.28. The average Bonchev–Trinajstić information content (AvgIpc) is 3.10. The second kappa shape index (κ2) is 9.05. The molecule has 2 amide bonds. The van der Waals surface area contributed by atoms with Gasteiger partial charge in [-0.3, -0.25) is 14.4 Å². The summed E-state index contributed by atoms with van der Waals surface area (Å²) in [5.74, 6) is -1.74. The third-order valence-electron chi connectivity index (χ3n) is 5.53. The topological polar surface area (TPSA) is 105 Å². The third-order valence-corrected chi connectivity index (χ3v) is 5.53. The molecule has 2 aliphatic rings. The number of carbonyl (C=O) groups excluding carboxylic acids is 2. The van der Waals surface area contributed by atoms with Crippen LogP contribution in [0.2, 0.25) is 0 Å². The fraction of sp³-hybridized carbons (Fsp3) is 0.550. The highest BCUT2D eigenvalue weighted by atomic mass is 16.5. The van der Waals surface area contributed by atoms with Crippen LogP contribution >= 0.6 is 0 Å². The van der Waals surface area contributed by atoms with Crippen LogP contribution in [-0.2, 0) is 19.1 Å². The van der Waals surface area contributed by atoms with Gasteiger partial charge in [0.2, 0.25) is 11.8 Å². The molecule has 2 saturated heterocycles. The number of aliphatic carboxylic acids is 1. The Morgan fingerprint density at radius 3 is 2.57 bits per heavy atom. The Balaban J connectivity index is 1.56. The number of carbonyl (C=O) groups is 3. The van der Waals surface area contributed by atoms with Gasteiger partial charge in [0.1, 0.15) is 5.75 Å². The molecule has 0 spiro atoms. The summed E-state index contributed by atoms with van der Waals surface area (Å²) in [4.78, 5) is 38.1. The zero-order valence-electron chi connectivity index (χ0n) is 15.9. The average molecular weight is 390 g/mol. The Kier molecular flexibility index (Phi) is 6.51. The number of nitrogens with zero attached hydrogens (tertiary/aromatic N) is 1. The van der Waals surface area contributed by atoms with E-state index in [1.54, 1.807) is 36.3 Å². The Bertz CT molecular complexity index is 714. The van der Waals surface area contributed by atoms with Gasteiger partial charge in [-0.15, -0.1) is 0 Å². The smallest absolute Gasteiger partial charge is 0.308 e. The number of carboxylic acid groups (broad SMARTS) is 1. The molecule has 2 unspecified atom stereocenters. The third kappa shape index (κ3) is 4.62. The summed E-state index contributed by atoms with van der Waals surface area (Å²) in [5, 5.41) is 12.3. The van der Waals surface area contributed by atoms with Gasteiger partial charge in [-0.2, -0.15) is 0 Å². The lowest BCUT2D eigenvalue weighted by molar-refractivity contribution is -0.145. The van der Waals surface area contributed by atoms with Crippen LogP contribution in [-0.4, -0.2) is 56.3 Å². The molecule has 2 fully saturated rings. The summed E-state index contributed by atoms with van der Waals surface area (Å²) in [5.41, 5.74) is 0.715. The van der Waals surface area contributed by atoms with Crippen LogP contribution in [0, 0.1) is 17.8 Å². The Morgan fingerprint density at radius 1 is 1.29 bits per heavy atom. The first-order chi connectivity index (χ1) is 13.5. The summed E-state index contributed by atoms with van der Waals surface area (Å²) >= 11 is 0. The number of hydrogen-bond donors (Lipinski definition) is 2. The first kappa shape index (κ1) is 20.1. The minimum atomic E-state index is -0.908. The molecule has 3 rings (SSSR count). The Morgan fingerprint density at radius 2 is 1.96 bits per heavy atom. The van der Waals surface area contributed by atoms with Crippen LogP contribution in [0.3, 0.4) is 0 Å². The lowest BCUT2D eigenvalue weighted by Crippen LogP contribution is -2.41. The number of rotatable bonds is 7. The molecule has 2 atom stereocenters. The van der Waals surface area contributed by atoms with Gasteiger partial charge in [0, 0.05) is 38.4 Å². The van der Waals surface area contributed by atoms with E-state index in [2.05, 4.69) is 5.32 Å². The van der Waals surface area contributed by atoms with Crippen molar-refractivity contribution in [1.29, 1.82) is 0 Å². The zero-order chi connectivity index (χ0) is 20.1. The molecule has 0 saturated carbocycles. The van der Waals surface area contributed by atoms with Crippen molar-refractivity contribution in [2.24, 2.45) is 17.8 Å². The van der Waals surface area contributed by atoms with Crippen molar-refractivity contribution in [3.8, 4) is 5.75 Å². The van der Waals surface area contributed by atoms with E-state index in [9.17, 15) is 19.5 Å². The van der Waals surface area contributed by atoms with Gasteiger partial charge in [-0.05, 0) is 43.0 Å². The van der Waals surface area contributed by atoms with Crippen LogP contribution < -0.4 is 15.0 Å². The van der Waals surface area contributed by atoms with Crippen LogP contribution in [0.5, 0.6) is 5.75 Å². The van der Waals surface area contributed by atoms with E-state index < -0.39 is 17.8 Å². The molecule has 0 aromatic heterocycles. The number of ether oxygens (including phenoxy) is 2. The molecule has 8 nitrogen and oxygen atoms in total. The molecule has 152 valence electrons. The number of nitrogens with one attached hydrogen (secondary N) is 1. The van der Waals surface area contributed by atoms with Crippen molar-refractivity contribution >= 4 is 23.5 Å². The maximum atomic E-state index is 12.6. The Hall–Kier alpha value is -2.61. The van der Waals surface area contributed by atoms with Gasteiger partial charge in [-0.25, -0.2) is 0 Å². The second-order valence-corrected chi connectivity index (χ2v) is 7.24. The summed E-state index contributed by atoms with van der Waals surface area (Å²) < 4.78 is 10.4. The molecule has 0 aliphatic carbocycles. The first-order valence-corrected chi connectivity index (χ1v) is 9.52. The van der Waals surface area contributed by atoms with E-state index in [1.165, 1.54) is 0 Å². The van der Waals surface area contributed by atoms with E-state index in [-0.39, 0.29) is 37.2 Å². The zero-order valence-corrected chi connectivity index (χ0v) is 15.9. The molecule has 2 heterocycles. The summed E-state index contributed by atoms with van der Waals surface area (Å²) in [6.45, 7) is 1.46. The number of anilines is 1. The van der Waals surface area contributed by atoms with E-state index in [4.69, 9.17) is 9.47 Å². The monoisotopic (exact) mass is 390 g/mol. The molecule has 0 radical (unpaired) electrons. The minimum Gasteiger partial charge on any atom is -0.497 e. The van der Waals surface area contributed by atoms with Crippen molar-refractivity contribution in [3.05, 3.63) is 24.3 Å². The first-order valence-electron chi connectivity index (χ1n) is 9.52. The van der Waals surface area contributed by atoms with Gasteiger partial charge < -0.3 is 24.8 Å². The molecular formula is C20H26N2O6. The maximum Gasteiger partial charge on any atom is 0.308 e. The molecule has 2 aliphatic heterocycles. The van der Waals surface area contributed by atoms with Crippen molar-refractivity contribution in [2.75, 3.05) is 38.3 Å². The van der Waals surface area contributed by atoms with E-state index in [0.717, 1.165) is 0 Å². The van der Waals surface area contributed by atoms with Gasteiger partial charge >= 0.3 is 5.97 Å². The maximum absolute atomic E-state index is 12.6. The molecule has 28 heavy (non-hydrogen) atoms.